The summed E-state index contributed by atoms with van der Waals surface area (Å²) < 4.78 is 0. The Morgan fingerprint density at radius 2 is 1.88 bits per heavy atom. The third kappa shape index (κ3) is 3.43. The Bertz CT molecular complexity index is 488. The summed E-state index contributed by atoms with van der Waals surface area (Å²) in [6.45, 7) is 0. The summed E-state index contributed by atoms with van der Waals surface area (Å²) in [6, 6.07) is 14.4. The van der Waals surface area contributed by atoms with Gasteiger partial charge in [0.2, 0.25) is 0 Å². The fourth-order valence-electron chi connectivity index (χ4n) is 1.68. The number of carbonyl (C=O) groups is 1. The highest BCUT2D eigenvalue weighted by atomic mass is 32.1. The molecule has 3 heteroatoms. The smallest absolute Gasteiger partial charge is 0.303 e. The number of benzene rings is 1. The zero-order valence-electron chi connectivity index (χ0n) is 9.43. The average Bonchev–Trinajstić information content (AvgIpc) is 2.78. The topological polar surface area (TPSA) is 37.3 Å². The average molecular weight is 246 g/mol. The van der Waals surface area contributed by atoms with Crippen molar-refractivity contribution in [1.29, 1.82) is 0 Å². The van der Waals surface area contributed by atoms with Crippen LogP contribution in [0.15, 0.2) is 42.5 Å². The molecule has 0 saturated heterocycles. The first-order valence-corrected chi connectivity index (χ1v) is 6.43. The Morgan fingerprint density at radius 1 is 1.12 bits per heavy atom. The first-order chi connectivity index (χ1) is 8.25. The van der Waals surface area contributed by atoms with Gasteiger partial charge in [0.15, 0.2) is 0 Å². The second-order valence-corrected chi connectivity index (χ2v) is 5.05. The molecule has 0 aliphatic rings. The second kappa shape index (κ2) is 5.64. The number of aliphatic carboxylic acids is 1. The van der Waals surface area contributed by atoms with Gasteiger partial charge in [-0.2, -0.15) is 0 Å². The molecule has 0 unspecified atom stereocenters. The van der Waals surface area contributed by atoms with Crippen LogP contribution in [-0.4, -0.2) is 11.1 Å². The number of hydrogen-bond acceptors (Lipinski definition) is 2. The van der Waals surface area contributed by atoms with E-state index in [2.05, 4.69) is 24.3 Å². The van der Waals surface area contributed by atoms with E-state index in [1.165, 1.54) is 15.3 Å². The van der Waals surface area contributed by atoms with E-state index in [9.17, 15) is 4.79 Å². The van der Waals surface area contributed by atoms with E-state index in [1.54, 1.807) is 11.3 Å². The van der Waals surface area contributed by atoms with Gasteiger partial charge in [0.05, 0.1) is 0 Å². The lowest BCUT2D eigenvalue weighted by atomic mass is 10.2. The Morgan fingerprint density at radius 3 is 2.59 bits per heavy atom. The third-order valence-electron chi connectivity index (χ3n) is 2.53. The summed E-state index contributed by atoms with van der Waals surface area (Å²) in [6.07, 6.45) is 1.81. The van der Waals surface area contributed by atoms with Gasteiger partial charge in [0.1, 0.15) is 0 Å². The van der Waals surface area contributed by atoms with E-state index in [-0.39, 0.29) is 6.42 Å². The summed E-state index contributed by atoms with van der Waals surface area (Å²) in [5, 5.41) is 8.58. The van der Waals surface area contributed by atoms with Crippen LogP contribution in [0.4, 0.5) is 0 Å². The molecule has 2 rings (SSSR count). The highest BCUT2D eigenvalue weighted by Crippen LogP contribution is 2.28. The molecule has 2 aromatic rings. The molecular weight excluding hydrogens is 232 g/mol. The molecule has 0 bridgehead atoms. The molecule has 2 nitrogen and oxygen atoms in total. The highest BCUT2D eigenvalue weighted by Gasteiger charge is 2.03. The van der Waals surface area contributed by atoms with Crippen LogP contribution in [0, 0.1) is 0 Å². The second-order valence-electron chi connectivity index (χ2n) is 3.88. The van der Waals surface area contributed by atoms with Crippen molar-refractivity contribution in [2.45, 2.75) is 19.3 Å². The van der Waals surface area contributed by atoms with Gasteiger partial charge >= 0.3 is 5.97 Å². The number of rotatable bonds is 5. The zero-order valence-corrected chi connectivity index (χ0v) is 10.2. The van der Waals surface area contributed by atoms with Crippen molar-refractivity contribution in [1.82, 2.24) is 0 Å². The van der Waals surface area contributed by atoms with Crippen molar-refractivity contribution in [2.75, 3.05) is 0 Å². The minimum absolute atomic E-state index is 0.249. The maximum absolute atomic E-state index is 10.4. The van der Waals surface area contributed by atoms with Crippen LogP contribution in [0.3, 0.4) is 0 Å². The Balaban J connectivity index is 1.99. The molecule has 0 saturated carbocycles. The van der Waals surface area contributed by atoms with Crippen molar-refractivity contribution in [2.24, 2.45) is 0 Å². The summed E-state index contributed by atoms with van der Waals surface area (Å²) in [7, 11) is 0. The van der Waals surface area contributed by atoms with Crippen LogP contribution in [0.5, 0.6) is 0 Å². The largest absolute Gasteiger partial charge is 0.481 e. The van der Waals surface area contributed by atoms with E-state index >= 15 is 0 Å². The molecule has 0 aliphatic heterocycles. The minimum Gasteiger partial charge on any atom is -0.481 e. The predicted molar refractivity (Wildman–Crippen MR) is 70.3 cm³/mol. The normalized spacial score (nSPS) is 10.4. The quantitative estimate of drug-likeness (QED) is 0.870. The number of carboxylic acids is 1. The first kappa shape index (κ1) is 11.9. The Labute approximate surface area is 105 Å². The van der Waals surface area contributed by atoms with E-state index < -0.39 is 5.97 Å². The summed E-state index contributed by atoms with van der Waals surface area (Å²) in [5.74, 6) is -0.718. The Kier molecular flexibility index (Phi) is 3.94. The van der Waals surface area contributed by atoms with Crippen molar-refractivity contribution >= 4 is 17.3 Å². The molecule has 88 valence electrons. The van der Waals surface area contributed by atoms with Crippen LogP contribution >= 0.6 is 11.3 Å². The molecule has 1 heterocycles. The van der Waals surface area contributed by atoms with Gasteiger partial charge in [0.25, 0.3) is 0 Å². The van der Waals surface area contributed by atoms with E-state index in [0.29, 0.717) is 6.42 Å². The fourth-order valence-corrected chi connectivity index (χ4v) is 2.74. The van der Waals surface area contributed by atoms with Gasteiger partial charge in [-0.25, -0.2) is 0 Å². The number of aryl methyl sites for hydroxylation is 1. The predicted octanol–water partition coefficient (Wildman–Crippen LogP) is 3.82. The molecule has 1 aromatic heterocycles. The number of thiophene rings is 1. The molecule has 0 spiro atoms. The van der Waals surface area contributed by atoms with Crippen molar-refractivity contribution < 1.29 is 9.90 Å². The van der Waals surface area contributed by atoms with Crippen molar-refractivity contribution in [3.8, 4) is 10.4 Å². The van der Waals surface area contributed by atoms with E-state index in [0.717, 1.165) is 6.42 Å². The van der Waals surface area contributed by atoms with Crippen molar-refractivity contribution in [3.05, 3.63) is 47.3 Å². The van der Waals surface area contributed by atoms with Crippen LogP contribution in [0.25, 0.3) is 10.4 Å². The molecule has 0 aliphatic carbocycles. The Hall–Kier alpha value is -1.61. The number of carboxylic acid groups (broad SMARTS) is 1. The van der Waals surface area contributed by atoms with Crippen LogP contribution in [-0.2, 0) is 11.2 Å². The lowest BCUT2D eigenvalue weighted by Gasteiger charge is -1.96. The van der Waals surface area contributed by atoms with Gasteiger partial charge < -0.3 is 5.11 Å². The SMILES string of the molecule is O=C(O)CCCc1ccc(-c2ccccc2)s1. The van der Waals surface area contributed by atoms with Crippen molar-refractivity contribution in [3.63, 3.8) is 0 Å². The summed E-state index contributed by atoms with van der Waals surface area (Å²) in [4.78, 5) is 12.9. The molecule has 0 amide bonds. The molecule has 17 heavy (non-hydrogen) atoms. The van der Waals surface area contributed by atoms with Crippen LogP contribution in [0.2, 0.25) is 0 Å². The zero-order chi connectivity index (χ0) is 12.1. The van der Waals surface area contributed by atoms with E-state index in [1.807, 2.05) is 18.2 Å². The third-order valence-corrected chi connectivity index (χ3v) is 3.73. The first-order valence-electron chi connectivity index (χ1n) is 5.61. The minimum atomic E-state index is -0.718. The molecule has 0 radical (unpaired) electrons. The van der Waals surface area contributed by atoms with E-state index in [4.69, 9.17) is 5.11 Å². The molecule has 0 atom stereocenters. The number of hydrogen-bond donors (Lipinski definition) is 1. The van der Waals surface area contributed by atoms with Gasteiger partial charge in [-0.1, -0.05) is 30.3 Å². The van der Waals surface area contributed by atoms with Gasteiger partial charge in [0, 0.05) is 16.2 Å². The van der Waals surface area contributed by atoms with Gasteiger partial charge in [-0.05, 0) is 30.5 Å². The maximum atomic E-state index is 10.4. The van der Waals surface area contributed by atoms with Crippen LogP contribution in [0.1, 0.15) is 17.7 Å². The monoisotopic (exact) mass is 246 g/mol. The maximum Gasteiger partial charge on any atom is 0.303 e. The van der Waals surface area contributed by atoms with Gasteiger partial charge in [-0.15, -0.1) is 11.3 Å². The van der Waals surface area contributed by atoms with Crippen LogP contribution < -0.4 is 0 Å². The van der Waals surface area contributed by atoms with Gasteiger partial charge in [-0.3, -0.25) is 4.79 Å². The molecule has 0 fully saturated rings. The fraction of sp³-hybridized carbons (Fsp3) is 0.214. The summed E-state index contributed by atoms with van der Waals surface area (Å²) in [5.41, 5.74) is 1.22. The lowest BCUT2D eigenvalue weighted by molar-refractivity contribution is -0.137. The molecule has 1 aromatic carbocycles. The summed E-state index contributed by atoms with van der Waals surface area (Å²) >= 11 is 1.74. The standard InChI is InChI=1S/C14H14O2S/c15-14(16)8-4-7-12-9-10-13(17-12)11-5-2-1-3-6-11/h1-3,5-6,9-10H,4,7-8H2,(H,15,16). The lowest BCUT2D eigenvalue weighted by Crippen LogP contribution is -1.94. The molecule has 1 N–H and O–H groups in total. The highest BCUT2D eigenvalue weighted by molar-refractivity contribution is 7.15. The molecular formula is C14H14O2S.